The van der Waals surface area contributed by atoms with Crippen LogP contribution in [0.2, 0.25) is 0 Å². The quantitative estimate of drug-likeness (QED) is 0.612. The number of nitrogens with one attached hydrogen (secondary N) is 1. The third-order valence-corrected chi connectivity index (χ3v) is 6.32. The molecule has 174 valence electrons. The van der Waals surface area contributed by atoms with Crippen molar-refractivity contribution in [2.45, 2.75) is 18.9 Å². The van der Waals surface area contributed by atoms with E-state index in [0.29, 0.717) is 25.2 Å². The zero-order chi connectivity index (χ0) is 23.3. The number of hydrogen-bond donors (Lipinski definition) is 1. The molecule has 2 aromatic carbocycles. The molecule has 1 aromatic heterocycles. The topological polar surface area (TPSA) is 87.7 Å². The Labute approximate surface area is 198 Å². The number of carbonyl (C=O) groups is 2. The summed E-state index contributed by atoms with van der Waals surface area (Å²) in [7, 11) is 0. The van der Waals surface area contributed by atoms with Crippen molar-refractivity contribution in [3.8, 4) is 5.75 Å². The van der Waals surface area contributed by atoms with Crippen LogP contribution >= 0.6 is 0 Å². The monoisotopic (exact) mass is 457 g/mol. The Bertz CT molecular complexity index is 1120. The van der Waals surface area contributed by atoms with Gasteiger partial charge in [-0.25, -0.2) is 0 Å². The zero-order valence-corrected chi connectivity index (χ0v) is 18.8. The van der Waals surface area contributed by atoms with E-state index < -0.39 is 0 Å². The minimum Gasteiger partial charge on any atom is -0.489 e. The molecule has 8 heteroatoms. The molecule has 2 aliphatic heterocycles. The Balaban J connectivity index is 1.11. The summed E-state index contributed by atoms with van der Waals surface area (Å²) in [6.07, 6.45) is 3.17. The number of hydrogen-bond acceptors (Lipinski definition) is 6. The summed E-state index contributed by atoms with van der Waals surface area (Å²) in [5.41, 5.74) is 1.44. The van der Waals surface area contributed by atoms with Crippen LogP contribution < -0.4 is 15.0 Å². The number of aromatic nitrogens is 2. The first kappa shape index (κ1) is 21.9. The smallest absolute Gasteiger partial charge is 0.253 e. The van der Waals surface area contributed by atoms with Crippen molar-refractivity contribution in [3.05, 3.63) is 78.5 Å². The van der Waals surface area contributed by atoms with Crippen molar-refractivity contribution >= 4 is 23.3 Å². The zero-order valence-electron chi connectivity index (χ0n) is 18.8. The van der Waals surface area contributed by atoms with Crippen LogP contribution in [0.3, 0.4) is 0 Å². The highest BCUT2D eigenvalue weighted by Crippen LogP contribution is 2.25. The van der Waals surface area contributed by atoms with Crippen molar-refractivity contribution in [2.24, 2.45) is 5.92 Å². The van der Waals surface area contributed by atoms with Crippen LogP contribution in [0, 0.1) is 5.92 Å². The summed E-state index contributed by atoms with van der Waals surface area (Å²) in [5, 5.41) is 11.1. The van der Waals surface area contributed by atoms with Gasteiger partial charge in [0.05, 0.1) is 12.5 Å². The molecule has 8 nitrogen and oxygen atoms in total. The average molecular weight is 458 g/mol. The van der Waals surface area contributed by atoms with Gasteiger partial charge >= 0.3 is 0 Å². The van der Waals surface area contributed by atoms with E-state index in [9.17, 15) is 9.59 Å². The molecule has 2 aliphatic rings. The fourth-order valence-corrected chi connectivity index (χ4v) is 4.47. The van der Waals surface area contributed by atoms with Crippen molar-refractivity contribution < 1.29 is 14.3 Å². The van der Waals surface area contributed by atoms with Gasteiger partial charge in [0, 0.05) is 43.5 Å². The van der Waals surface area contributed by atoms with E-state index in [1.165, 1.54) is 0 Å². The molecular formula is C26H27N5O3. The Morgan fingerprint density at radius 3 is 2.50 bits per heavy atom. The van der Waals surface area contributed by atoms with Crippen LogP contribution in [0.25, 0.3) is 0 Å². The molecule has 0 aliphatic carbocycles. The minimum absolute atomic E-state index is 0.00548. The van der Waals surface area contributed by atoms with E-state index in [-0.39, 0.29) is 23.8 Å². The lowest BCUT2D eigenvalue weighted by Crippen LogP contribution is -2.30. The maximum Gasteiger partial charge on any atom is 0.253 e. The molecule has 0 unspecified atom stereocenters. The third kappa shape index (κ3) is 5.01. The van der Waals surface area contributed by atoms with Gasteiger partial charge in [0.25, 0.3) is 5.91 Å². The molecule has 34 heavy (non-hydrogen) atoms. The lowest BCUT2D eigenvalue weighted by atomic mass is 10.1. The number of ether oxygens (including phenoxy) is 1. The fraction of sp³-hybridized carbons (Fsp3) is 0.308. The number of amides is 2. The molecule has 0 radical (unpaired) electrons. The molecule has 0 spiro atoms. The number of likely N-dealkylation sites (tertiary alicyclic amines) is 1. The van der Waals surface area contributed by atoms with Crippen LogP contribution in [-0.2, 0) is 4.79 Å². The van der Waals surface area contributed by atoms with Gasteiger partial charge < -0.3 is 19.9 Å². The van der Waals surface area contributed by atoms with Crippen LogP contribution in [0.1, 0.15) is 23.2 Å². The highest BCUT2D eigenvalue weighted by atomic mass is 16.5. The van der Waals surface area contributed by atoms with E-state index in [0.717, 1.165) is 36.6 Å². The second-order valence-corrected chi connectivity index (χ2v) is 8.67. The molecule has 0 saturated carbocycles. The van der Waals surface area contributed by atoms with Gasteiger partial charge in [0.1, 0.15) is 11.9 Å². The number of anilines is 2. The first-order valence-electron chi connectivity index (χ1n) is 11.6. The summed E-state index contributed by atoms with van der Waals surface area (Å²) < 4.78 is 6.09. The molecule has 2 saturated heterocycles. The molecular weight excluding hydrogens is 430 g/mol. The maximum atomic E-state index is 12.7. The van der Waals surface area contributed by atoms with E-state index in [1.807, 2.05) is 71.6 Å². The molecule has 2 amide bonds. The van der Waals surface area contributed by atoms with Gasteiger partial charge in [-0.05, 0) is 55.0 Å². The van der Waals surface area contributed by atoms with Gasteiger partial charge in [-0.2, -0.15) is 5.10 Å². The summed E-state index contributed by atoms with van der Waals surface area (Å²) >= 11 is 0. The predicted octanol–water partition coefficient (Wildman–Crippen LogP) is 3.24. The Morgan fingerprint density at radius 2 is 1.74 bits per heavy atom. The van der Waals surface area contributed by atoms with E-state index >= 15 is 0 Å². The SMILES string of the molecule is O=C(Nc1ccc(O[C@@H]2CCN(C(=O)c3ccccc3)C2)cc1)[C@H]1CCN(c2cccnn2)C1. The van der Waals surface area contributed by atoms with E-state index in [2.05, 4.69) is 20.4 Å². The molecule has 3 heterocycles. The van der Waals surface area contributed by atoms with Gasteiger partial charge in [0.15, 0.2) is 5.82 Å². The number of nitrogens with zero attached hydrogens (tertiary/aromatic N) is 4. The highest BCUT2D eigenvalue weighted by molar-refractivity contribution is 5.94. The molecule has 1 N–H and O–H groups in total. The standard InChI is InChI=1S/C26H27N5O3/c32-25(20-12-15-30(17-20)24-7-4-14-27-29-24)28-21-8-10-22(11-9-21)34-23-13-16-31(18-23)26(33)19-5-2-1-3-6-19/h1-11,14,20,23H,12-13,15-18H2,(H,28,32)/t20-,23+/m0/s1. The lowest BCUT2D eigenvalue weighted by molar-refractivity contribution is -0.119. The number of carbonyl (C=O) groups excluding carboxylic acids is 2. The largest absolute Gasteiger partial charge is 0.489 e. The summed E-state index contributed by atoms with van der Waals surface area (Å²) in [6, 6.07) is 20.5. The second-order valence-electron chi connectivity index (χ2n) is 8.67. The Hall–Kier alpha value is -3.94. The molecule has 0 bridgehead atoms. The summed E-state index contributed by atoms with van der Waals surface area (Å²) in [5.74, 6) is 1.48. The van der Waals surface area contributed by atoms with Crippen molar-refractivity contribution in [3.63, 3.8) is 0 Å². The fourth-order valence-electron chi connectivity index (χ4n) is 4.47. The van der Waals surface area contributed by atoms with Crippen molar-refractivity contribution in [1.82, 2.24) is 15.1 Å². The highest BCUT2D eigenvalue weighted by Gasteiger charge is 2.30. The van der Waals surface area contributed by atoms with E-state index in [1.54, 1.807) is 6.20 Å². The van der Waals surface area contributed by atoms with Crippen LogP contribution in [0.15, 0.2) is 72.9 Å². The van der Waals surface area contributed by atoms with Crippen molar-refractivity contribution in [2.75, 3.05) is 36.4 Å². The van der Waals surface area contributed by atoms with Gasteiger partial charge in [-0.3, -0.25) is 9.59 Å². The number of rotatable bonds is 6. The summed E-state index contributed by atoms with van der Waals surface area (Å²) in [4.78, 5) is 29.3. The van der Waals surface area contributed by atoms with Gasteiger partial charge in [-0.1, -0.05) is 18.2 Å². The Morgan fingerprint density at radius 1 is 0.912 bits per heavy atom. The van der Waals surface area contributed by atoms with Crippen LogP contribution in [0.4, 0.5) is 11.5 Å². The maximum absolute atomic E-state index is 12.7. The minimum atomic E-state index is -0.0930. The van der Waals surface area contributed by atoms with Gasteiger partial charge in [0.2, 0.25) is 5.91 Å². The predicted molar refractivity (Wildman–Crippen MR) is 129 cm³/mol. The van der Waals surface area contributed by atoms with Crippen LogP contribution in [-0.4, -0.2) is 59.2 Å². The van der Waals surface area contributed by atoms with Crippen LogP contribution in [0.5, 0.6) is 5.75 Å². The Kier molecular flexibility index (Phi) is 6.38. The number of benzene rings is 2. The molecule has 2 fully saturated rings. The molecule has 5 rings (SSSR count). The first-order chi connectivity index (χ1) is 16.7. The van der Waals surface area contributed by atoms with Gasteiger partial charge in [-0.15, -0.1) is 5.10 Å². The summed E-state index contributed by atoms with van der Waals surface area (Å²) in [6.45, 7) is 2.66. The second kappa shape index (κ2) is 9.91. The van der Waals surface area contributed by atoms with E-state index in [4.69, 9.17) is 4.74 Å². The normalized spacial score (nSPS) is 19.8. The lowest BCUT2D eigenvalue weighted by Gasteiger charge is -2.18. The molecule has 3 aromatic rings. The van der Waals surface area contributed by atoms with Crippen molar-refractivity contribution in [1.29, 1.82) is 0 Å². The molecule has 2 atom stereocenters. The third-order valence-electron chi connectivity index (χ3n) is 6.32. The first-order valence-corrected chi connectivity index (χ1v) is 11.6. The average Bonchev–Trinajstić information content (AvgIpc) is 3.56.